The first-order valence-corrected chi connectivity index (χ1v) is 7.67. The van der Waals surface area contributed by atoms with Gasteiger partial charge in [-0.05, 0) is 37.5 Å². The summed E-state index contributed by atoms with van der Waals surface area (Å²) >= 11 is 0. The number of carbonyl (C=O) groups is 1. The van der Waals surface area contributed by atoms with Crippen LogP contribution in [-0.4, -0.2) is 42.2 Å². The van der Waals surface area contributed by atoms with Gasteiger partial charge in [0.2, 0.25) is 0 Å². The second kappa shape index (κ2) is 6.31. The molecular formula is C17H22N2O2. The van der Waals surface area contributed by atoms with Crippen molar-refractivity contribution in [2.45, 2.75) is 25.8 Å². The van der Waals surface area contributed by atoms with Crippen LogP contribution < -0.4 is 0 Å². The van der Waals surface area contributed by atoms with E-state index in [4.69, 9.17) is 4.74 Å². The van der Waals surface area contributed by atoms with Gasteiger partial charge in [-0.2, -0.15) is 0 Å². The molecule has 1 aromatic carbocycles. The molecule has 112 valence electrons. The first-order chi connectivity index (χ1) is 10.3. The molecule has 0 bridgehead atoms. The molecule has 1 aliphatic rings. The minimum absolute atomic E-state index is 0.171. The zero-order valence-corrected chi connectivity index (χ0v) is 12.5. The molecule has 0 saturated carbocycles. The molecule has 1 saturated heterocycles. The van der Waals surface area contributed by atoms with E-state index in [0.717, 1.165) is 48.9 Å². The fourth-order valence-electron chi connectivity index (χ4n) is 3.06. The standard InChI is InChI=1S/C17H22N2O2/c1-21-13-12-18-11-8-14-15(6-5-7-16(14)18)17(20)19-9-3-2-4-10-19/h5-8,11H,2-4,9-10,12-13H2,1H3. The Labute approximate surface area is 125 Å². The van der Waals surface area contributed by atoms with E-state index in [2.05, 4.69) is 10.6 Å². The maximum Gasteiger partial charge on any atom is 0.254 e. The van der Waals surface area contributed by atoms with Gasteiger partial charge < -0.3 is 14.2 Å². The fourth-order valence-corrected chi connectivity index (χ4v) is 3.06. The largest absolute Gasteiger partial charge is 0.383 e. The highest BCUT2D eigenvalue weighted by atomic mass is 16.5. The summed E-state index contributed by atoms with van der Waals surface area (Å²) in [6.45, 7) is 3.26. The summed E-state index contributed by atoms with van der Waals surface area (Å²) in [7, 11) is 1.71. The van der Waals surface area contributed by atoms with Gasteiger partial charge in [-0.3, -0.25) is 4.79 Å². The van der Waals surface area contributed by atoms with Gasteiger partial charge in [-0.15, -0.1) is 0 Å². The molecule has 4 heteroatoms. The molecule has 0 unspecified atom stereocenters. The van der Waals surface area contributed by atoms with Gasteiger partial charge in [0.05, 0.1) is 6.61 Å². The average Bonchev–Trinajstić information content (AvgIpc) is 2.96. The summed E-state index contributed by atoms with van der Waals surface area (Å²) in [4.78, 5) is 14.7. The van der Waals surface area contributed by atoms with E-state index in [-0.39, 0.29) is 5.91 Å². The van der Waals surface area contributed by atoms with Crippen LogP contribution in [0.5, 0.6) is 0 Å². The van der Waals surface area contributed by atoms with Crippen molar-refractivity contribution in [3.05, 3.63) is 36.0 Å². The van der Waals surface area contributed by atoms with Crippen LogP contribution >= 0.6 is 0 Å². The van der Waals surface area contributed by atoms with Crippen molar-refractivity contribution in [2.24, 2.45) is 0 Å². The Hall–Kier alpha value is -1.81. The van der Waals surface area contributed by atoms with E-state index in [9.17, 15) is 4.79 Å². The zero-order chi connectivity index (χ0) is 14.7. The highest BCUT2D eigenvalue weighted by Crippen LogP contribution is 2.23. The number of benzene rings is 1. The SMILES string of the molecule is COCCn1ccc2c(C(=O)N3CCCCC3)cccc21. The minimum atomic E-state index is 0.171. The smallest absolute Gasteiger partial charge is 0.254 e. The van der Waals surface area contributed by atoms with Gasteiger partial charge in [0.25, 0.3) is 5.91 Å². The predicted octanol–water partition coefficient (Wildman–Crippen LogP) is 2.91. The molecule has 4 nitrogen and oxygen atoms in total. The lowest BCUT2D eigenvalue weighted by Crippen LogP contribution is -2.35. The average molecular weight is 286 g/mol. The Morgan fingerprint density at radius 2 is 2.00 bits per heavy atom. The molecule has 2 heterocycles. The third kappa shape index (κ3) is 2.81. The summed E-state index contributed by atoms with van der Waals surface area (Å²) in [5.74, 6) is 0.171. The number of ether oxygens (including phenoxy) is 1. The third-order valence-electron chi connectivity index (χ3n) is 4.22. The molecule has 1 amide bonds. The summed E-state index contributed by atoms with van der Waals surface area (Å²) in [6, 6.07) is 8.03. The molecule has 0 radical (unpaired) electrons. The van der Waals surface area contributed by atoms with Gasteiger partial charge in [0.15, 0.2) is 0 Å². The monoisotopic (exact) mass is 286 g/mol. The van der Waals surface area contributed by atoms with E-state index >= 15 is 0 Å². The maximum atomic E-state index is 12.7. The molecule has 0 N–H and O–H groups in total. The van der Waals surface area contributed by atoms with Crippen molar-refractivity contribution >= 4 is 16.8 Å². The van der Waals surface area contributed by atoms with Gasteiger partial charge in [-0.25, -0.2) is 0 Å². The van der Waals surface area contributed by atoms with Crippen LogP contribution in [0.15, 0.2) is 30.5 Å². The highest BCUT2D eigenvalue weighted by molar-refractivity contribution is 6.06. The van der Waals surface area contributed by atoms with Gasteiger partial charge >= 0.3 is 0 Å². The number of nitrogens with zero attached hydrogens (tertiary/aromatic N) is 2. The Morgan fingerprint density at radius 3 is 2.76 bits per heavy atom. The number of rotatable bonds is 4. The van der Waals surface area contributed by atoms with Crippen LogP contribution in [0.1, 0.15) is 29.6 Å². The second-order valence-corrected chi connectivity index (χ2v) is 5.59. The van der Waals surface area contributed by atoms with E-state index in [1.807, 2.05) is 29.3 Å². The number of carbonyl (C=O) groups excluding carboxylic acids is 1. The number of likely N-dealkylation sites (tertiary alicyclic amines) is 1. The molecule has 0 atom stereocenters. The van der Waals surface area contributed by atoms with Crippen molar-refractivity contribution in [3.63, 3.8) is 0 Å². The van der Waals surface area contributed by atoms with Gasteiger partial charge in [0.1, 0.15) is 0 Å². The second-order valence-electron chi connectivity index (χ2n) is 5.59. The van der Waals surface area contributed by atoms with Crippen LogP contribution in [0.4, 0.5) is 0 Å². The Bertz CT molecular complexity index is 627. The molecule has 0 spiro atoms. The normalized spacial score (nSPS) is 15.6. The number of aromatic nitrogens is 1. The topological polar surface area (TPSA) is 34.5 Å². The molecule has 2 aromatic rings. The van der Waals surface area contributed by atoms with Crippen molar-refractivity contribution in [1.29, 1.82) is 0 Å². The lowest BCUT2D eigenvalue weighted by molar-refractivity contribution is 0.0726. The van der Waals surface area contributed by atoms with Crippen LogP contribution in [-0.2, 0) is 11.3 Å². The lowest BCUT2D eigenvalue weighted by atomic mass is 10.1. The van der Waals surface area contributed by atoms with Crippen LogP contribution in [0.2, 0.25) is 0 Å². The first-order valence-electron chi connectivity index (χ1n) is 7.67. The van der Waals surface area contributed by atoms with Crippen molar-refractivity contribution < 1.29 is 9.53 Å². The predicted molar refractivity (Wildman–Crippen MR) is 83.6 cm³/mol. The van der Waals surface area contributed by atoms with E-state index in [0.29, 0.717) is 6.61 Å². The summed E-state index contributed by atoms with van der Waals surface area (Å²) in [5.41, 5.74) is 1.93. The number of hydrogen-bond acceptors (Lipinski definition) is 2. The Kier molecular flexibility index (Phi) is 4.25. The summed E-state index contributed by atoms with van der Waals surface area (Å²) < 4.78 is 7.29. The van der Waals surface area contributed by atoms with Crippen LogP contribution in [0.3, 0.4) is 0 Å². The number of fused-ring (bicyclic) bond motifs is 1. The van der Waals surface area contributed by atoms with E-state index in [1.165, 1.54) is 6.42 Å². The Morgan fingerprint density at radius 1 is 1.19 bits per heavy atom. The summed E-state index contributed by atoms with van der Waals surface area (Å²) in [5, 5.41) is 1.05. The molecule has 21 heavy (non-hydrogen) atoms. The molecular weight excluding hydrogens is 264 g/mol. The number of piperidine rings is 1. The number of amides is 1. The van der Waals surface area contributed by atoms with E-state index < -0.39 is 0 Å². The summed E-state index contributed by atoms with van der Waals surface area (Å²) in [6.07, 6.45) is 5.52. The highest BCUT2D eigenvalue weighted by Gasteiger charge is 2.20. The van der Waals surface area contributed by atoms with Crippen molar-refractivity contribution in [1.82, 2.24) is 9.47 Å². The molecule has 1 fully saturated rings. The third-order valence-corrected chi connectivity index (χ3v) is 4.22. The maximum absolute atomic E-state index is 12.7. The number of hydrogen-bond donors (Lipinski definition) is 0. The minimum Gasteiger partial charge on any atom is -0.383 e. The quantitative estimate of drug-likeness (QED) is 0.866. The van der Waals surface area contributed by atoms with Crippen LogP contribution in [0, 0.1) is 0 Å². The Balaban J connectivity index is 1.91. The molecule has 1 aromatic heterocycles. The molecule has 1 aliphatic heterocycles. The van der Waals surface area contributed by atoms with Crippen molar-refractivity contribution in [3.8, 4) is 0 Å². The van der Waals surface area contributed by atoms with Crippen LogP contribution in [0.25, 0.3) is 10.9 Å². The lowest BCUT2D eigenvalue weighted by Gasteiger charge is -2.27. The van der Waals surface area contributed by atoms with Crippen molar-refractivity contribution in [2.75, 3.05) is 26.8 Å². The first kappa shape index (κ1) is 14.1. The molecule has 3 rings (SSSR count). The molecule has 0 aliphatic carbocycles. The zero-order valence-electron chi connectivity index (χ0n) is 12.5. The van der Waals surface area contributed by atoms with E-state index in [1.54, 1.807) is 7.11 Å². The number of methoxy groups -OCH3 is 1. The van der Waals surface area contributed by atoms with Gasteiger partial charge in [-0.1, -0.05) is 6.07 Å². The van der Waals surface area contributed by atoms with Gasteiger partial charge in [0, 0.05) is 49.4 Å². The fraction of sp³-hybridized carbons (Fsp3) is 0.471.